The first kappa shape index (κ1) is 29.5. The highest BCUT2D eigenvalue weighted by Crippen LogP contribution is 2.58. The van der Waals surface area contributed by atoms with E-state index in [0.717, 1.165) is 0 Å². The van der Waals surface area contributed by atoms with Gasteiger partial charge in [-0.15, -0.1) is 0 Å². The average molecular weight is 587 g/mol. The largest absolute Gasteiger partial charge is 0.417 e. The number of hydrogen-bond donors (Lipinski definition) is 0. The van der Waals surface area contributed by atoms with Crippen molar-refractivity contribution in [3.63, 3.8) is 0 Å². The highest BCUT2D eigenvalue weighted by molar-refractivity contribution is 7.62. The summed E-state index contributed by atoms with van der Waals surface area (Å²) in [4.78, 5) is 0. The summed E-state index contributed by atoms with van der Waals surface area (Å²) in [6.07, 6.45) is -4.92. The van der Waals surface area contributed by atoms with Crippen LogP contribution in [0.2, 0.25) is 0 Å². The third kappa shape index (κ3) is 5.71. The lowest BCUT2D eigenvalue weighted by Gasteiger charge is -2.31. The van der Waals surface area contributed by atoms with Crippen molar-refractivity contribution in [1.29, 1.82) is 0 Å². The summed E-state index contributed by atoms with van der Waals surface area (Å²) in [5.74, 6) is 0. The van der Waals surface area contributed by atoms with E-state index in [2.05, 4.69) is 0 Å². The van der Waals surface area contributed by atoms with Crippen LogP contribution >= 0.6 is 7.60 Å². The standard InChI is InChI=1S/C35H30F3O3P/c1-3-40-42(39,41-4-2)34-32(28-23-15-8-16-24-28)30(26-19-11-6-12-20-26)29(25-17-9-5-10-18-25)31(33(34)35(36,37)38)27-21-13-7-14-22-27/h5-24H,3-4H2,1-2H3. The Morgan fingerprint density at radius 2 is 0.833 bits per heavy atom. The highest BCUT2D eigenvalue weighted by atomic mass is 31.2. The van der Waals surface area contributed by atoms with E-state index in [1.54, 1.807) is 98.8 Å². The molecule has 0 radical (unpaired) electrons. The molecule has 7 heteroatoms. The second kappa shape index (κ2) is 12.5. The second-order valence-electron chi connectivity index (χ2n) is 9.52. The zero-order chi connectivity index (χ0) is 29.7. The van der Waals surface area contributed by atoms with Gasteiger partial charge in [0.15, 0.2) is 0 Å². The van der Waals surface area contributed by atoms with E-state index in [1.807, 2.05) is 36.4 Å². The molecule has 0 aliphatic carbocycles. The Labute approximate surface area is 244 Å². The van der Waals surface area contributed by atoms with Crippen LogP contribution in [0.5, 0.6) is 0 Å². The summed E-state index contributed by atoms with van der Waals surface area (Å²) in [6.45, 7) is 2.97. The lowest BCUT2D eigenvalue weighted by Crippen LogP contribution is -2.27. The lowest BCUT2D eigenvalue weighted by atomic mass is 9.80. The van der Waals surface area contributed by atoms with Crippen LogP contribution in [-0.4, -0.2) is 13.2 Å². The van der Waals surface area contributed by atoms with Gasteiger partial charge in [-0.2, -0.15) is 13.2 Å². The molecule has 0 aliphatic heterocycles. The summed E-state index contributed by atoms with van der Waals surface area (Å²) in [5.41, 5.74) is 2.00. The minimum atomic E-state index is -4.92. The maximum Gasteiger partial charge on any atom is 0.417 e. The number of halogens is 3. The summed E-state index contributed by atoms with van der Waals surface area (Å²) in [6, 6.07) is 35.4. The smallest absolute Gasteiger partial charge is 0.305 e. The van der Waals surface area contributed by atoms with Crippen LogP contribution in [0.25, 0.3) is 44.5 Å². The van der Waals surface area contributed by atoms with Crippen molar-refractivity contribution in [3.05, 3.63) is 127 Å². The summed E-state index contributed by atoms with van der Waals surface area (Å²) >= 11 is 0. The van der Waals surface area contributed by atoms with Crippen molar-refractivity contribution >= 4 is 12.9 Å². The molecule has 0 aromatic heterocycles. The number of rotatable bonds is 9. The molecule has 0 heterocycles. The number of benzene rings is 5. The molecule has 3 nitrogen and oxygen atoms in total. The van der Waals surface area contributed by atoms with Crippen LogP contribution in [0.1, 0.15) is 19.4 Å². The molecule has 5 aromatic rings. The molecule has 0 saturated carbocycles. The third-order valence-electron chi connectivity index (χ3n) is 6.88. The van der Waals surface area contributed by atoms with Crippen molar-refractivity contribution in [2.24, 2.45) is 0 Å². The van der Waals surface area contributed by atoms with E-state index in [1.165, 1.54) is 0 Å². The highest BCUT2D eigenvalue weighted by Gasteiger charge is 2.47. The Morgan fingerprint density at radius 1 is 0.524 bits per heavy atom. The van der Waals surface area contributed by atoms with Gasteiger partial charge in [-0.25, -0.2) is 0 Å². The topological polar surface area (TPSA) is 35.5 Å². The molecule has 0 amide bonds. The Bertz CT molecular complexity index is 1680. The molecule has 42 heavy (non-hydrogen) atoms. The normalized spacial score (nSPS) is 11.9. The fourth-order valence-electron chi connectivity index (χ4n) is 5.36. The first-order chi connectivity index (χ1) is 20.3. The zero-order valence-electron chi connectivity index (χ0n) is 23.3. The molecule has 5 rings (SSSR count). The van der Waals surface area contributed by atoms with Crippen LogP contribution in [0.3, 0.4) is 0 Å². The van der Waals surface area contributed by atoms with Gasteiger partial charge in [0, 0.05) is 11.1 Å². The Morgan fingerprint density at radius 3 is 1.17 bits per heavy atom. The van der Waals surface area contributed by atoms with E-state index in [-0.39, 0.29) is 24.3 Å². The molecule has 0 spiro atoms. The molecule has 0 bridgehead atoms. The minimum absolute atomic E-state index is 0.0811. The van der Waals surface area contributed by atoms with Crippen molar-refractivity contribution in [2.45, 2.75) is 20.0 Å². The average Bonchev–Trinajstić information content (AvgIpc) is 3.01. The molecule has 0 saturated heterocycles. The first-order valence-electron chi connectivity index (χ1n) is 13.7. The second-order valence-corrected chi connectivity index (χ2v) is 11.5. The quantitative estimate of drug-likeness (QED) is 0.161. The van der Waals surface area contributed by atoms with Gasteiger partial charge in [0.25, 0.3) is 0 Å². The van der Waals surface area contributed by atoms with Crippen LogP contribution in [0.15, 0.2) is 121 Å². The Hall–Kier alpha value is -3.96. The molecular formula is C35H30F3O3P. The van der Waals surface area contributed by atoms with Gasteiger partial charge in [-0.1, -0.05) is 121 Å². The van der Waals surface area contributed by atoms with E-state index in [9.17, 15) is 4.57 Å². The van der Waals surface area contributed by atoms with Gasteiger partial charge >= 0.3 is 13.8 Å². The molecule has 5 aromatic carbocycles. The van der Waals surface area contributed by atoms with Gasteiger partial charge < -0.3 is 9.05 Å². The third-order valence-corrected chi connectivity index (χ3v) is 9.07. The predicted molar refractivity (Wildman–Crippen MR) is 164 cm³/mol. The molecule has 0 atom stereocenters. The van der Waals surface area contributed by atoms with Gasteiger partial charge in [-0.3, -0.25) is 4.57 Å². The van der Waals surface area contributed by atoms with Crippen molar-refractivity contribution in [3.8, 4) is 44.5 Å². The van der Waals surface area contributed by atoms with E-state index < -0.39 is 24.6 Å². The monoisotopic (exact) mass is 586 g/mol. The summed E-state index contributed by atoms with van der Waals surface area (Å²) < 4.78 is 73.3. The van der Waals surface area contributed by atoms with Crippen LogP contribution in [0, 0.1) is 0 Å². The fourth-order valence-corrected chi connectivity index (χ4v) is 7.40. The molecule has 214 valence electrons. The maximum atomic E-state index is 15.7. The van der Waals surface area contributed by atoms with Gasteiger partial charge in [0.1, 0.15) is 0 Å². The number of alkyl halides is 3. The molecule has 0 fully saturated rings. The van der Waals surface area contributed by atoms with E-state index in [4.69, 9.17) is 9.05 Å². The van der Waals surface area contributed by atoms with Crippen LogP contribution < -0.4 is 5.30 Å². The predicted octanol–water partition coefficient (Wildman–Crippen LogP) is 10.3. The van der Waals surface area contributed by atoms with Crippen molar-refractivity contribution in [2.75, 3.05) is 13.2 Å². The molecule has 0 unspecified atom stereocenters. The Kier molecular flexibility index (Phi) is 8.79. The lowest BCUT2D eigenvalue weighted by molar-refractivity contribution is -0.136. The van der Waals surface area contributed by atoms with Crippen molar-refractivity contribution < 1.29 is 26.8 Å². The molecule has 0 aliphatic rings. The molecular weight excluding hydrogens is 556 g/mol. The maximum absolute atomic E-state index is 15.7. The van der Waals surface area contributed by atoms with Gasteiger partial charge in [-0.05, 0) is 47.2 Å². The van der Waals surface area contributed by atoms with Crippen molar-refractivity contribution in [1.82, 2.24) is 0 Å². The van der Waals surface area contributed by atoms with Crippen LogP contribution in [-0.2, 0) is 19.8 Å². The zero-order valence-corrected chi connectivity index (χ0v) is 24.2. The molecule has 0 N–H and O–H groups in total. The first-order valence-corrected chi connectivity index (χ1v) is 15.3. The van der Waals surface area contributed by atoms with E-state index >= 15 is 13.2 Å². The number of hydrogen-bond acceptors (Lipinski definition) is 3. The van der Waals surface area contributed by atoms with Gasteiger partial charge in [0.05, 0.1) is 24.1 Å². The van der Waals surface area contributed by atoms with E-state index in [0.29, 0.717) is 33.4 Å². The van der Waals surface area contributed by atoms with Gasteiger partial charge in [0.2, 0.25) is 0 Å². The fraction of sp³-hybridized carbons (Fsp3) is 0.143. The SMILES string of the molecule is CCOP(=O)(OCC)c1c(-c2ccccc2)c(-c2ccccc2)c(-c2ccccc2)c(-c2ccccc2)c1C(F)(F)F. The van der Waals surface area contributed by atoms with Crippen LogP contribution in [0.4, 0.5) is 13.2 Å². The summed E-state index contributed by atoms with van der Waals surface area (Å²) in [7, 11) is -4.54. The minimum Gasteiger partial charge on any atom is -0.305 e. The summed E-state index contributed by atoms with van der Waals surface area (Å²) in [5, 5.41) is -0.484. The Balaban J connectivity index is 2.18.